The van der Waals surface area contributed by atoms with Gasteiger partial charge in [0.15, 0.2) is 0 Å². The molecule has 0 heterocycles. The van der Waals surface area contributed by atoms with Gasteiger partial charge in [-0.05, 0) is 39.7 Å². The third-order valence-corrected chi connectivity index (χ3v) is 0.799. The summed E-state index contributed by atoms with van der Waals surface area (Å²) in [7, 11) is 0. The highest BCUT2D eigenvalue weighted by Crippen LogP contribution is 1.79. The zero-order valence-corrected chi connectivity index (χ0v) is 7.48. The van der Waals surface area contributed by atoms with E-state index in [1.807, 2.05) is 0 Å². The molecule has 0 rings (SSSR count). The zero-order valence-electron chi connectivity index (χ0n) is 5.14. The quantitative estimate of drug-likeness (QED) is 0.532. The molecule has 0 saturated heterocycles. The molecule has 0 amide bonds. The molecule has 0 aliphatic heterocycles. The van der Waals surface area contributed by atoms with Crippen LogP contribution >= 0.6 is 27.5 Å². The first-order valence-corrected chi connectivity index (χ1v) is 3.35. The van der Waals surface area contributed by atoms with Crippen LogP contribution in [0.5, 0.6) is 0 Å². The van der Waals surface area contributed by atoms with Gasteiger partial charge >= 0.3 is 0 Å². The summed E-state index contributed by atoms with van der Waals surface area (Å²) in [4.78, 5) is 19.1. The van der Waals surface area contributed by atoms with E-state index in [0.29, 0.717) is 0 Å². The van der Waals surface area contributed by atoms with Crippen molar-refractivity contribution in [3.63, 3.8) is 0 Å². The van der Waals surface area contributed by atoms with Gasteiger partial charge in [-0.15, -0.1) is 0 Å². The monoisotopic (exact) mass is 224 g/mol. The Hall–Kier alpha value is -0.410. The zero-order chi connectivity index (χ0) is 8.57. The molecule has 0 radical (unpaired) electrons. The van der Waals surface area contributed by atoms with E-state index in [1.165, 1.54) is 6.08 Å². The highest BCUT2D eigenvalue weighted by atomic mass is 79.9. The van der Waals surface area contributed by atoms with Gasteiger partial charge in [0.1, 0.15) is 0 Å². The van der Waals surface area contributed by atoms with Crippen LogP contribution in [-0.4, -0.2) is 9.93 Å². The van der Waals surface area contributed by atoms with E-state index in [-0.39, 0.29) is 4.69 Å². The Labute approximate surface area is 72.7 Å². The predicted octanol–water partition coefficient (Wildman–Crippen LogP) is 2.03. The molecule has 10 heavy (non-hydrogen) atoms. The van der Waals surface area contributed by atoms with Crippen molar-refractivity contribution in [2.24, 2.45) is 0 Å². The SMILES string of the molecule is C=CC(=O)Br.C=CC(=O)Cl. The number of carbonyl (C=O) groups excluding carboxylic acids is 2. The Morgan fingerprint density at radius 2 is 1.50 bits per heavy atom. The molecule has 0 N–H and O–H groups in total. The van der Waals surface area contributed by atoms with Crippen molar-refractivity contribution in [1.29, 1.82) is 0 Å². The fourth-order valence-electron chi connectivity index (χ4n) is 0. The van der Waals surface area contributed by atoms with Gasteiger partial charge in [0.2, 0.25) is 9.93 Å². The van der Waals surface area contributed by atoms with Gasteiger partial charge in [-0.1, -0.05) is 13.2 Å². The standard InChI is InChI=1S/C3H3BrO.C3H3ClO/c2*1-2-3(4)5/h2*2H,1H2. The van der Waals surface area contributed by atoms with Crippen molar-refractivity contribution in [1.82, 2.24) is 0 Å². The smallest absolute Gasteiger partial charge is 0.244 e. The van der Waals surface area contributed by atoms with E-state index < -0.39 is 5.24 Å². The van der Waals surface area contributed by atoms with Crippen LogP contribution in [0.2, 0.25) is 0 Å². The van der Waals surface area contributed by atoms with Crippen molar-refractivity contribution in [2.75, 3.05) is 0 Å². The van der Waals surface area contributed by atoms with E-state index in [1.54, 1.807) is 0 Å². The van der Waals surface area contributed by atoms with Gasteiger partial charge in [-0.3, -0.25) is 9.59 Å². The number of carbonyl (C=O) groups is 2. The summed E-state index contributed by atoms with van der Waals surface area (Å²) >= 11 is 7.32. The maximum atomic E-state index is 9.61. The minimum Gasteiger partial charge on any atom is -0.282 e. The third-order valence-electron chi connectivity index (χ3n) is 0.321. The van der Waals surface area contributed by atoms with Crippen molar-refractivity contribution in [2.45, 2.75) is 0 Å². The van der Waals surface area contributed by atoms with E-state index in [9.17, 15) is 9.59 Å². The van der Waals surface area contributed by atoms with Crippen molar-refractivity contribution >= 4 is 37.5 Å². The molecule has 0 spiro atoms. The normalized spacial score (nSPS) is 6.60. The molecule has 0 aliphatic rings. The lowest BCUT2D eigenvalue weighted by Crippen LogP contribution is -1.67. The Bertz CT molecular complexity index is 136. The van der Waals surface area contributed by atoms with Crippen LogP contribution in [-0.2, 0) is 9.59 Å². The Balaban J connectivity index is 0. The van der Waals surface area contributed by atoms with Gasteiger partial charge in [-0.25, -0.2) is 0 Å². The van der Waals surface area contributed by atoms with Crippen LogP contribution in [0.4, 0.5) is 0 Å². The fourth-order valence-corrected chi connectivity index (χ4v) is 0. The number of allylic oxidation sites excluding steroid dienone is 2. The molecule has 4 heteroatoms. The molecule has 0 unspecified atom stereocenters. The average molecular weight is 225 g/mol. The summed E-state index contributed by atoms with van der Waals surface area (Å²) < 4.78 is -0.169. The van der Waals surface area contributed by atoms with E-state index in [4.69, 9.17) is 11.6 Å². The molecule has 2 nitrogen and oxygen atoms in total. The number of hydrogen-bond donors (Lipinski definition) is 0. The second-order valence-corrected chi connectivity index (χ2v) is 2.17. The van der Waals surface area contributed by atoms with Crippen molar-refractivity contribution < 1.29 is 9.59 Å². The first-order chi connectivity index (χ1) is 4.54. The van der Waals surface area contributed by atoms with Crippen LogP contribution < -0.4 is 0 Å². The molecule has 0 aromatic rings. The lowest BCUT2D eigenvalue weighted by Gasteiger charge is -1.59. The first kappa shape index (κ1) is 12.3. The molecular weight excluding hydrogens is 219 g/mol. The third kappa shape index (κ3) is 25.6. The lowest BCUT2D eigenvalue weighted by molar-refractivity contribution is -0.108. The van der Waals surface area contributed by atoms with E-state index in [0.717, 1.165) is 6.08 Å². The topological polar surface area (TPSA) is 34.1 Å². The summed E-state index contributed by atoms with van der Waals surface area (Å²) in [6, 6.07) is 0. The van der Waals surface area contributed by atoms with E-state index >= 15 is 0 Å². The molecule has 0 saturated carbocycles. The molecule has 0 aliphatic carbocycles. The molecule has 0 bridgehead atoms. The summed E-state index contributed by atoms with van der Waals surface area (Å²) in [5, 5.41) is -0.509. The minimum absolute atomic E-state index is 0.169. The van der Waals surface area contributed by atoms with Gasteiger partial charge < -0.3 is 0 Å². The maximum absolute atomic E-state index is 9.61. The van der Waals surface area contributed by atoms with Crippen LogP contribution in [0.25, 0.3) is 0 Å². The predicted molar refractivity (Wildman–Crippen MR) is 45.2 cm³/mol. The maximum Gasteiger partial charge on any atom is 0.244 e. The Kier molecular flexibility index (Phi) is 10.6. The first-order valence-electron chi connectivity index (χ1n) is 2.18. The number of rotatable bonds is 2. The van der Waals surface area contributed by atoms with Crippen LogP contribution in [0.15, 0.2) is 25.3 Å². The van der Waals surface area contributed by atoms with E-state index in [2.05, 4.69) is 29.1 Å². The Morgan fingerprint density at radius 3 is 1.50 bits per heavy atom. The van der Waals surface area contributed by atoms with Crippen LogP contribution in [0.3, 0.4) is 0 Å². The summed E-state index contributed by atoms with van der Waals surface area (Å²) in [5.41, 5.74) is 0. The second-order valence-electron chi connectivity index (χ2n) is 1.02. The molecule has 0 aromatic carbocycles. The number of halogens is 2. The molecular formula is C6H6BrClO2. The van der Waals surface area contributed by atoms with Crippen LogP contribution in [0.1, 0.15) is 0 Å². The van der Waals surface area contributed by atoms with Crippen molar-refractivity contribution in [3.05, 3.63) is 25.3 Å². The summed E-state index contributed by atoms with van der Waals surface area (Å²) in [6.45, 7) is 6.24. The van der Waals surface area contributed by atoms with Gasteiger partial charge in [0, 0.05) is 0 Å². The van der Waals surface area contributed by atoms with Crippen LogP contribution in [0, 0.1) is 0 Å². The minimum atomic E-state index is -0.509. The highest BCUT2D eigenvalue weighted by molar-refractivity contribution is 9.18. The average Bonchev–Trinajstić information content (AvgIpc) is 1.89. The molecule has 56 valence electrons. The van der Waals surface area contributed by atoms with Gasteiger partial charge in [0.25, 0.3) is 0 Å². The Morgan fingerprint density at radius 1 is 1.30 bits per heavy atom. The molecule has 0 aromatic heterocycles. The van der Waals surface area contributed by atoms with Gasteiger partial charge in [0.05, 0.1) is 0 Å². The molecule has 0 fully saturated rings. The summed E-state index contributed by atoms with van der Waals surface area (Å²) in [5.74, 6) is 0. The fraction of sp³-hybridized carbons (Fsp3) is 0. The second kappa shape index (κ2) is 8.59. The lowest BCUT2D eigenvalue weighted by atomic mass is 10.7. The largest absolute Gasteiger partial charge is 0.282 e. The summed E-state index contributed by atoms with van der Waals surface area (Å²) in [6.07, 6.45) is 2.24. The van der Waals surface area contributed by atoms with Crippen molar-refractivity contribution in [3.8, 4) is 0 Å². The number of hydrogen-bond acceptors (Lipinski definition) is 2. The van der Waals surface area contributed by atoms with Gasteiger partial charge in [-0.2, -0.15) is 0 Å². The molecule has 0 atom stereocenters. The highest BCUT2D eigenvalue weighted by Gasteiger charge is 1.74.